The van der Waals surface area contributed by atoms with Gasteiger partial charge in [0.15, 0.2) is 0 Å². The van der Waals surface area contributed by atoms with Crippen LogP contribution >= 0.6 is 11.3 Å². The van der Waals surface area contributed by atoms with E-state index in [4.69, 9.17) is 4.84 Å². The Morgan fingerprint density at radius 2 is 2.36 bits per heavy atom. The minimum absolute atomic E-state index is 0.500. The topological polar surface area (TPSA) is 34.1 Å². The fraction of sp³-hybridized carbons (Fsp3) is 0.444. The molecule has 14 heavy (non-hydrogen) atoms. The Bertz CT molecular complexity index is 303. The molecule has 78 valence electrons. The van der Waals surface area contributed by atoms with Gasteiger partial charge in [-0.1, -0.05) is 12.8 Å². The molecule has 1 N–H and O–H groups in total. The molecule has 0 bridgehead atoms. The second kappa shape index (κ2) is 8.32. The molecule has 0 fully saturated rings. The minimum atomic E-state index is 0.500. The van der Waals surface area contributed by atoms with Crippen molar-refractivity contribution >= 4 is 16.5 Å². The fourth-order valence-electron chi connectivity index (χ4n) is 0.578. The summed E-state index contributed by atoms with van der Waals surface area (Å²) in [6.45, 7) is 3.89. The number of nitrogens with zero attached hydrogens (tertiary/aromatic N) is 1. The molecule has 5 heteroatoms. The number of aromatic nitrogens is 1. The van der Waals surface area contributed by atoms with E-state index in [1.807, 2.05) is 19.2 Å². The van der Waals surface area contributed by atoms with Gasteiger partial charge in [-0.15, -0.1) is 11.3 Å². The van der Waals surface area contributed by atoms with Crippen LogP contribution in [-0.2, 0) is 4.84 Å². The van der Waals surface area contributed by atoms with Gasteiger partial charge in [0.05, 0.1) is 12.9 Å². The monoisotopic (exact) mass is 216 g/mol. The van der Waals surface area contributed by atoms with Gasteiger partial charge in [0.1, 0.15) is 6.11 Å². The van der Waals surface area contributed by atoms with Gasteiger partial charge in [0.25, 0.3) is 0 Å². The molecule has 0 aliphatic rings. The number of thiazole rings is 1. The summed E-state index contributed by atoms with van der Waals surface area (Å²) < 4.78 is 9.50. The molecule has 0 radical (unpaired) electrons. The van der Waals surface area contributed by atoms with Gasteiger partial charge < -0.3 is 4.84 Å². The lowest BCUT2D eigenvalue weighted by atomic mass is 10.5. The Morgan fingerprint density at radius 3 is 2.86 bits per heavy atom. The number of rotatable bonds is 2. The maximum Gasteiger partial charge on any atom is 0.217 e. The van der Waals surface area contributed by atoms with Crippen LogP contribution in [0.5, 0.6) is 0 Å². The van der Waals surface area contributed by atoms with Crippen molar-refractivity contribution in [2.24, 2.45) is 0 Å². The summed E-state index contributed by atoms with van der Waals surface area (Å²) in [6.07, 6.45) is 3.29. The van der Waals surface area contributed by atoms with Crippen LogP contribution in [0.2, 0.25) is 0 Å². The molecule has 1 aromatic rings. The Balaban J connectivity index is 0.000000791. The normalized spacial score (nSPS) is 7.71. The van der Waals surface area contributed by atoms with Crippen LogP contribution < -0.4 is 5.48 Å². The smallest absolute Gasteiger partial charge is 0.217 e. The molecule has 1 heterocycles. The van der Waals surface area contributed by atoms with Crippen LogP contribution in [-0.4, -0.2) is 12.2 Å². The molecule has 0 atom stereocenters. The number of nitrogens with one attached hydrogen (secondary N) is 1. The lowest BCUT2D eigenvalue weighted by Gasteiger charge is -1.93. The molecular formula is C9H13FN2OS. The Morgan fingerprint density at radius 1 is 1.64 bits per heavy atom. The lowest BCUT2D eigenvalue weighted by molar-refractivity contribution is 0.362. The molecule has 0 aliphatic heterocycles. The van der Waals surface area contributed by atoms with Gasteiger partial charge in [-0.25, -0.2) is 4.98 Å². The van der Waals surface area contributed by atoms with E-state index in [0.717, 1.165) is 17.2 Å². The molecule has 0 aromatic carbocycles. The maximum absolute atomic E-state index is 9.50. The SMILES string of the molecule is CCC#CONc1nc(C)cs1.CF. The highest BCUT2D eigenvalue weighted by Gasteiger charge is 1.94. The van der Waals surface area contributed by atoms with Crippen molar-refractivity contribution in [1.82, 2.24) is 4.98 Å². The molecule has 0 saturated carbocycles. The van der Waals surface area contributed by atoms with Crippen LogP contribution in [0.25, 0.3) is 0 Å². The second-order valence-electron chi connectivity index (χ2n) is 2.13. The molecule has 1 aromatic heterocycles. The first-order valence-electron chi connectivity index (χ1n) is 4.02. The van der Waals surface area contributed by atoms with E-state index in [1.54, 1.807) is 0 Å². The predicted octanol–water partition coefficient (Wildman–Crippen LogP) is 2.75. The Hall–Kier alpha value is -1.28. The van der Waals surface area contributed by atoms with E-state index in [0.29, 0.717) is 7.18 Å². The molecule has 3 nitrogen and oxygen atoms in total. The summed E-state index contributed by atoms with van der Waals surface area (Å²) in [6, 6.07) is 0. The average Bonchev–Trinajstić information content (AvgIpc) is 2.62. The van der Waals surface area contributed by atoms with E-state index < -0.39 is 0 Å². The average molecular weight is 216 g/mol. The largest absolute Gasteiger partial charge is 0.327 e. The molecule has 0 spiro atoms. The van der Waals surface area contributed by atoms with Crippen molar-refractivity contribution in [3.8, 4) is 12.0 Å². The first kappa shape index (κ1) is 12.7. The van der Waals surface area contributed by atoms with Crippen molar-refractivity contribution in [2.75, 3.05) is 12.7 Å². The van der Waals surface area contributed by atoms with E-state index in [2.05, 4.69) is 22.5 Å². The zero-order valence-corrected chi connectivity index (χ0v) is 9.24. The van der Waals surface area contributed by atoms with Gasteiger partial charge in [0, 0.05) is 11.8 Å². The van der Waals surface area contributed by atoms with Gasteiger partial charge in [-0.3, -0.25) is 4.39 Å². The van der Waals surface area contributed by atoms with Crippen molar-refractivity contribution in [2.45, 2.75) is 20.3 Å². The summed E-state index contributed by atoms with van der Waals surface area (Å²) in [7, 11) is 0.500. The standard InChI is InChI=1S/C8H10N2OS.CH3F/c1-3-4-5-11-10-8-9-7(2)6-12-8;1-2/h6H,3H2,1-2H3,(H,9,10);1H3. The number of hydrogen-bond acceptors (Lipinski definition) is 4. The van der Waals surface area contributed by atoms with E-state index in [-0.39, 0.29) is 0 Å². The molecule has 0 aliphatic carbocycles. The van der Waals surface area contributed by atoms with Crippen LogP contribution in [0.4, 0.5) is 9.52 Å². The summed E-state index contributed by atoms with van der Waals surface area (Å²) in [5, 5.41) is 2.68. The van der Waals surface area contributed by atoms with Crippen molar-refractivity contribution < 1.29 is 9.23 Å². The number of hydrogen-bond donors (Lipinski definition) is 1. The Labute approximate surface area is 87.3 Å². The summed E-state index contributed by atoms with van der Waals surface area (Å²) in [5.74, 6) is 2.77. The maximum atomic E-state index is 9.50. The zero-order chi connectivity index (χ0) is 10.8. The lowest BCUT2D eigenvalue weighted by Crippen LogP contribution is -1.94. The highest BCUT2D eigenvalue weighted by atomic mass is 32.1. The number of alkyl halides is 1. The first-order chi connectivity index (χ1) is 6.83. The third-order valence-electron chi connectivity index (χ3n) is 1.06. The summed E-state index contributed by atoms with van der Waals surface area (Å²) in [5.41, 5.74) is 3.62. The van der Waals surface area contributed by atoms with Gasteiger partial charge in [-0.2, -0.15) is 5.48 Å². The Kier molecular flexibility index (Phi) is 7.56. The fourth-order valence-corrected chi connectivity index (χ4v) is 1.20. The van der Waals surface area contributed by atoms with Crippen LogP contribution in [0, 0.1) is 19.0 Å². The molecule has 1 rings (SSSR count). The molecule has 0 unspecified atom stereocenters. The zero-order valence-electron chi connectivity index (χ0n) is 8.43. The van der Waals surface area contributed by atoms with Crippen LogP contribution in [0.3, 0.4) is 0 Å². The number of halogens is 1. The van der Waals surface area contributed by atoms with E-state index in [9.17, 15) is 4.39 Å². The van der Waals surface area contributed by atoms with Gasteiger partial charge in [-0.05, 0) is 6.92 Å². The second-order valence-corrected chi connectivity index (χ2v) is 2.99. The van der Waals surface area contributed by atoms with E-state index >= 15 is 0 Å². The summed E-state index contributed by atoms with van der Waals surface area (Å²) in [4.78, 5) is 8.93. The number of anilines is 1. The van der Waals surface area contributed by atoms with Crippen molar-refractivity contribution in [3.63, 3.8) is 0 Å². The predicted molar refractivity (Wildman–Crippen MR) is 56.7 cm³/mol. The summed E-state index contributed by atoms with van der Waals surface area (Å²) >= 11 is 1.49. The third-order valence-corrected chi connectivity index (χ3v) is 1.91. The van der Waals surface area contributed by atoms with Crippen LogP contribution in [0.1, 0.15) is 19.0 Å². The number of aryl methyl sites for hydroxylation is 1. The highest BCUT2D eigenvalue weighted by molar-refractivity contribution is 7.13. The van der Waals surface area contributed by atoms with Crippen LogP contribution in [0.15, 0.2) is 5.38 Å². The minimum Gasteiger partial charge on any atom is -0.327 e. The van der Waals surface area contributed by atoms with E-state index in [1.165, 1.54) is 11.3 Å². The molecule has 0 saturated heterocycles. The molecule has 0 amide bonds. The molecular weight excluding hydrogens is 203 g/mol. The third kappa shape index (κ3) is 5.38. The van der Waals surface area contributed by atoms with Crippen molar-refractivity contribution in [1.29, 1.82) is 0 Å². The highest BCUT2D eigenvalue weighted by Crippen LogP contribution is 2.13. The van der Waals surface area contributed by atoms with Gasteiger partial charge >= 0.3 is 0 Å². The first-order valence-corrected chi connectivity index (χ1v) is 4.90. The van der Waals surface area contributed by atoms with Crippen molar-refractivity contribution in [3.05, 3.63) is 11.1 Å². The quantitative estimate of drug-likeness (QED) is 0.609. The van der Waals surface area contributed by atoms with Gasteiger partial charge in [0.2, 0.25) is 5.13 Å².